The number of halogens is 1. The van der Waals surface area contributed by atoms with Gasteiger partial charge in [-0.15, -0.1) is 0 Å². The molecule has 1 atom stereocenters. The smallest absolute Gasteiger partial charge is 0.222 e. The largest absolute Gasteiger partial charge is 0.281 e. The molecule has 0 radical (unpaired) electrons. The third kappa shape index (κ3) is 3.71. The minimum Gasteiger partial charge on any atom is -0.281 e. The van der Waals surface area contributed by atoms with Crippen molar-refractivity contribution in [1.29, 1.82) is 0 Å². The van der Waals surface area contributed by atoms with E-state index in [9.17, 15) is 4.79 Å². The van der Waals surface area contributed by atoms with Crippen molar-refractivity contribution in [2.45, 2.75) is 32.1 Å². The van der Waals surface area contributed by atoms with E-state index in [1.807, 2.05) is 30.3 Å². The van der Waals surface area contributed by atoms with E-state index < -0.39 is 0 Å². The summed E-state index contributed by atoms with van der Waals surface area (Å²) >= 11 is 5.62. The molecule has 2 heteroatoms. The Hall–Kier alpha value is -1.60. The summed E-state index contributed by atoms with van der Waals surface area (Å²) in [7, 11) is 0. The second-order valence-corrected chi connectivity index (χ2v) is 5.77. The molecule has 0 aliphatic carbocycles. The van der Waals surface area contributed by atoms with Gasteiger partial charge >= 0.3 is 0 Å². The topological polar surface area (TPSA) is 17.1 Å². The van der Waals surface area contributed by atoms with E-state index in [0.717, 1.165) is 11.1 Å². The highest BCUT2D eigenvalue weighted by atomic mass is 35.5. The fourth-order valence-electron chi connectivity index (χ4n) is 2.39. The van der Waals surface area contributed by atoms with E-state index >= 15 is 0 Å². The minimum atomic E-state index is -0.299. The van der Waals surface area contributed by atoms with Gasteiger partial charge in [-0.2, -0.15) is 0 Å². The van der Waals surface area contributed by atoms with Crippen molar-refractivity contribution in [2.24, 2.45) is 0 Å². The molecule has 2 aromatic carbocycles. The number of rotatable bonds is 5. The first-order chi connectivity index (χ1) is 9.58. The molecule has 0 saturated carbocycles. The summed E-state index contributed by atoms with van der Waals surface area (Å²) in [5, 5.41) is -0.299. The first kappa shape index (κ1) is 14.8. The van der Waals surface area contributed by atoms with Crippen LogP contribution in [0.1, 0.15) is 48.8 Å². The lowest BCUT2D eigenvalue weighted by Crippen LogP contribution is -2.05. The van der Waals surface area contributed by atoms with E-state index in [2.05, 4.69) is 38.1 Å². The van der Waals surface area contributed by atoms with Crippen LogP contribution in [0.15, 0.2) is 54.6 Å². The maximum absolute atomic E-state index is 11.3. The second-order valence-electron chi connectivity index (χ2n) is 5.34. The number of benzene rings is 2. The van der Waals surface area contributed by atoms with Gasteiger partial charge in [-0.1, -0.05) is 68.4 Å². The van der Waals surface area contributed by atoms with Crippen LogP contribution in [0.3, 0.4) is 0 Å². The van der Waals surface area contributed by atoms with Crippen molar-refractivity contribution in [3.63, 3.8) is 0 Å². The van der Waals surface area contributed by atoms with Crippen LogP contribution in [0, 0.1) is 0 Å². The van der Waals surface area contributed by atoms with Gasteiger partial charge in [0.05, 0.1) is 0 Å². The van der Waals surface area contributed by atoms with Crippen LogP contribution in [0.5, 0.6) is 0 Å². The van der Waals surface area contributed by atoms with Gasteiger partial charge < -0.3 is 0 Å². The molecule has 20 heavy (non-hydrogen) atoms. The maximum atomic E-state index is 11.3. The van der Waals surface area contributed by atoms with Crippen LogP contribution in [0.2, 0.25) is 0 Å². The average molecular weight is 287 g/mol. The van der Waals surface area contributed by atoms with Crippen LogP contribution < -0.4 is 0 Å². The summed E-state index contributed by atoms with van der Waals surface area (Å²) in [5.74, 6) is 0.538. The first-order valence-corrected chi connectivity index (χ1v) is 7.29. The maximum Gasteiger partial charge on any atom is 0.222 e. The van der Waals surface area contributed by atoms with Gasteiger partial charge in [-0.05, 0) is 34.2 Å². The van der Waals surface area contributed by atoms with Crippen molar-refractivity contribution < 1.29 is 4.79 Å². The molecule has 0 aromatic heterocycles. The van der Waals surface area contributed by atoms with Crippen LogP contribution in [-0.4, -0.2) is 5.24 Å². The summed E-state index contributed by atoms with van der Waals surface area (Å²) < 4.78 is 0. The molecule has 0 N–H and O–H groups in total. The Labute approximate surface area is 125 Å². The highest BCUT2D eigenvalue weighted by molar-refractivity contribution is 6.63. The molecule has 0 saturated heterocycles. The standard InChI is InChI=1S/C18H19ClO/c1-13(2)14-8-10-16(11-9-14)17(12-18(19)20)15-6-4-3-5-7-15/h3-11,13,17H,12H2,1-2H3. The normalized spacial score (nSPS) is 12.4. The summed E-state index contributed by atoms with van der Waals surface area (Å²) in [6.07, 6.45) is 0.326. The lowest BCUT2D eigenvalue weighted by molar-refractivity contribution is -0.111. The molecule has 2 aromatic rings. The van der Waals surface area contributed by atoms with Gasteiger partial charge in [0.1, 0.15) is 0 Å². The second kappa shape index (κ2) is 6.71. The first-order valence-electron chi connectivity index (χ1n) is 6.91. The van der Waals surface area contributed by atoms with Gasteiger partial charge in [0.2, 0.25) is 5.24 Å². The van der Waals surface area contributed by atoms with Crippen LogP contribution >= 0.6 is 11.6 Å². The Bertz CT molecular complexity index is 558. The Balaban J connectivity index is 2.34. The van der Waals surface area contributed by atoms with Crippen LogP contribution in [-0.2, 0) is 4.79 Å². The van der Waals surface area contributed by atoms with Crippen LogP contribution in [0.4, 0.5) is 0 Å². The van der Waals surface area contributed by atoms with E-state index in [-0.39, 0.29) is 11.2 Å². The summed E-state index contributed by atoms with van der Waals surface area (Å²) in [4.78, 5) is 11.3. The molecule has 1 nitrogen and oxygen atoms in total. The van der Waals surface area contributed by atoms with Crippen LogP contribution in [0.25, 0.3) is 0 Å². The fraction of sp³-hybridized carbons (Fsp3) is 0.278. The van der Waals surface area contributed by atoms with Crippen molar-refractivity contribution in [2.75, 3.05) is 0 Å². The number of hydrogen-bond acceptors (Lipinski definition) is 1. The number of carbonyl (C=O) groups excluding carboxylic acids is 1. The molecule has 0 amide bonds. The third-order valence-electron chi connectivity index (χ3n) is 3.57. The molecular weight excluding hydrogens is 268 g/mol. The molecule has 0 aliphatic rings. The van der Waals surface area contributed by atoms with Crippen molar-refractivity contribution >= 4 is 16.8 Å². The molecule has 0 heterocycles. The zero-order chi connectivity index (χ0) is 14.5. The van der Waals surface area contributed by atoms with Gasteiger partial charge in [-0.25, -0.2) is 0 Å². The van der Waals surface area contributed by atoms with Crippen molar-refractivity contribution in [1.82, 2.24) is 0 Å². The van der Waals surface area contributed by atoms with Gasteiger partial charge in [0.25, 0.3) is 0 Å². The Morgan fingerprint density at radius 2 is 1.40 bits per heavy atom. The highest BCUT2D eigenvalue weighted by Gasteiger charge is 2.17. The predicted octanol–water partition coefficient (Wildman–Crippen LogP) is 5.10. The van der Waals surface area contributed by atoms with Gasteiger partial charge in [0.15, 0.2) is 0 Å². The predicted molar refractivity (Wildman–Crippen MR) is 84.3 cm³/mol. The quantitative estimate of drug-likeness (QED) is 0.699. The SMILES string of the molecule is CC(C)c1ccc(C(CC(=O)Cl)c2ccccc2)cc1. The third-order valence-corrected chi connectivity index (χ3v) is 3.73. The zero-order valence-electron chi connectivity index (χ0n) is 11.8. The van der Waals surface area contributed by atoms with E-state index in [4.69, 9.17) is 11.6 Å². The number of hydrogen-bond donors (Lipinski definition) is 0. The molecule has 0 fully saturated rings. The van der Waals surface area contributed by atoms with Gasteiger partial charge in [0, 0.05) is 12.3 Å². The van der Waals surface area contributed by atoms with E-state index in [1.165, 1.54) is 5.56 Å². The highest BCUT2D eigenvalue weighted by Crippen LogP contribution is 2.29. The Kier molecular flexibility index (Phi) is 4.97. The van der Waals surface area contributed by atoms with Gasteiger partial charge in [-0.3, -0.25) is 4.79 Å². The molecule has 0 aliphatic heterocycles. The minimum absolute atomic E-state index is 0.0300. The van der Waals surface area contributed by atoms with E-state index in [1.54, 1.807) is 0 Å². The van der Waals surface area contributed by atoms with E-state index in [0.29, 0.717) is 12.3 Å². The summed E-state index contributed by atoms with van der Waals surface area (Å²) in [6, 6.07) is 18.5. The molecule has 104 valence electrons. The molecule has 0 bridgehead atoms. The average Bonchev–Trinajstić information content (AvgIpc) is 2.45. The Morgan fingerprint density at radius 3 is 1.90 bits per heavy atom. The Morgan fingerprint density at radius 1 is 0.900 bits per heavy atom. The monoisotopic (exact) mass is 286 g/mol. The molecular formula is C18H19ClO. The summed E-state index contributed by atoms with van der Waals surface area (Å²) in [5.41, 5.74) is 3.56. The summed E-state index contributed by atoms with van der Waals surface area (Å²) in [6.45, 7) is 4.35. The number of carbonyl (C=O) groups is 1. The molecule has 2 rings (SSSR count). The lowest BCUT2D eigenvalue weighted by atomic mass is 9.88. The van der Waals surface area contributed by atoms with Crippen molar-refractivity contribution in [3.8, 4) is 0 Å². The lowest BCUT2D eigenvalue weighted by Gasteiger charge is -2.17. The van der Waals surface area contributed by atoms with Crippen molar-refractivity contribution in [3.05, 3.63) is 71.3 Å². The fourth-order valence-corrected chi connectivity index (χ4v) is 2.54. The zero-order valence-corrected chi connectivity index (χ0v) is 12.6. The molecule has 1 unspecified atom stereocenters. The molecule has 0 spiro atoms.